The monoisotopic (exact) mass is 365 g/mol. The molecule has 2 heterocycles. The molecule has 1 saturated heterocycles. The summed E-state index contributed by atoms with van der Waals surface area (Å²) in [5, 5.41) is 1.22. The lowest BCUT2D eigenvalue weighted by molar-refractivity contribution is -0.0647. The first kappa shape index (κ1) is 18.7. The molecule has 2 fully saturated rings. The van der Waals surface area contributed by atoms with Crippen molar-refractivity contribution < 1.29 is 13.9 Å². The second kappa shape index (κ2) is 9.04. The van der Waals surface area contributed by atoms with Gasteiger partial charge in [0.15, 0.2) is 0 Å². The molecule has 4 rings (SSSR count). The molecule has 5 heteroatoms. The zero-order valence-electron chi connectivity index (χ0n) is 14.7. The number of morpholine rings is 1. The summed E-state index contributed by atoms with van der Waals surface area (Å²) in [6.07, 6.45) is 8.17. The average Bonchev–Trinajstić information content (AvgIpc) is 3.12. The van der Waals surface area contributed by atoms with Crippen LogP contribution in [0.2, 0.25) is 0 Å². The molecule has 2 aliphatic rings. The van der Waals surface area contributed by atoms with E-state index in [0.29, 0.717) is 12.1 Å². The van der Waals surface area contributed by atoms with E-state index in [1.54, 1.807) is 6.26 Å². The molecule has 0 amide bonds. The molecule has 0 spiro atoms. The number of ether oxygens (including phenoxy) is 2. The number of rotatable bonds is 5. The maximum Gasteiger partial charge on any atom is 0.134 e. The van der Waals surface area contributed by atoms with Crippen LogP contribution in [0.4, 0.5) is 0 Å². The second-order valence-corrected chi connectivity index (χ2v) is 6.91. The lowest BCUT2D eigenvalue weighted by atomic mass is 9.91. The van der Waals surface area contributed by atoms with Gasteiger partial charge in [0.1, 0.15) is 5.58 Å². The van der Waals surface area contributed by atoms with Gasteiger partial charge in [-0.05, 0) is 37.0 Å². The standard InChI is InChI=1S/C20H27NO3.ClH/c1-2-6-20(18(5-1)21-10-14-22-15-11-21)24-12-8-16-4-3-7-19-17(16)9-13-23-19;/h3-4,7,9,13,18,20H,1-2,5-6,8,10-12,14-15H2;1H/t18-,20-;/m0./s1. The molecular weight excluding hydrogens is 338 g/mol. The topological polar surface area (TPSA) is 34.8 Å². The maximum atomic E-state index is 6.37. The van der Waals surface area contributed by atoms with Gasteiger partial charge in [-0.15, -0.1) is 12.4 Å². The third-order valence-electron chi connectivity index (χ3n) is 5.47. The lowest BCUT2D eigenvalue weighted by Crippen LogP contribution is -2.51. The molecule has 1 aromatic heterocycles. The number of hydrogen-bond donors (Lipinski definition) is 0. The number of nitrogens with zero attached hydrogens (tertiary/aromatic N) is 1. The van der Waals surface area contributed by atoms with Gasteiger partial charge in [-0.2, -0.15) is 0 Å². The van der Waals surface area contributed by atoms with Gasteiger partial charge in [-0.3, -0.25) is 4.90 Å². The summed E-state index contributed by atoms with van der Waals surface area (Å²) < 4.78 is 17.4. The molecule has 25 heavy (non-hydrogen) atoms. The summed E-state index contributed by atoms with van der Waals surface area (Å²) in [4.78, 5) is 2.59. The number of furan rings is 1. The van der Waals surface area contributed by atoms with Gasteiger partial charge in [0.2, 0.25) is 0 Å². The molecule has 2 atom stereocenters. The Balaban J connectivity index is 0.00000182. The van der Waals surface area contributed by atoms with E-state index in [1.807, 2.05) is 6.07 Å². The van der Waals surface area contributed by atoms with Crippen LogP contribution in [0.5, 0.6) is 0 Å². The van der Waals surface area contributed by atoms with Crippen LogP contribution in [0.15, 0.2) is 34.9 Å². The third kappa shape index (κ3) is 4.37. The van der Waals surface area contributed by atoms with Crippen molar-refractivity contribution in [3.63, 3.8) is 0 Å². The highest BCUT2D eigenvalue weighted by atomic mass is 35.5. The first-order chi connectivity index (χ1) is 11.9. The second-order valence-electron chi connectivity index (χ2n) is 6.91. The molecule has 4 nitrogen and oxygen atoms in total. The van der Waals surface area contributed by atoms with Gasteiger partial charge in [0.05, 0.1) is 32.2 Å². The summed E-state index contributed by atoms with van der Waals surface area (Å²) in [6, 6.07) is 8.91. The van der Waals surface area contributed by atoms with E-state index >= 15 is 0 Å². The smallest absolute Gasteiger partial charge is 0.134 e. The molecule has 1 aliphatic heterocycles. The van der Waals surface area contributed by atoms with Gasteiger partial charge in [0.25, 0.3) is 0 Å². The highest BCUT2D eigenvalue weighted by molar-refractivity contribution is 5.85. The Morgan fingerprint density at radius 3 is 2.80 bits per heavy atom. The van der Waals surface area contributed by atoms with Gasteiger partial charge in [-0.25, -0.2) is 0 Å². The van der Waals surface area contributed by atoms with E-state index in [9.17, 15) is 0 Å². The Morgan fingerprint density at radius 2 is 1.92 bits per heavy atom. The Kier molecular flexibility index (Phi) is 6.77. The van der Waals surface area contributed by atoms with Gasteiger partial charge in [-0.1, -0.05) is 25.0 Å². The summed E-state index contributed by atoms with van der Waals surface area (Å²) >= 11 is 0. The molecular formula is C20H28ClNO3. The Labute approximate surface area is 155 Å². The van der Waals surface area contributed by atoms with Gasteiger partial charge < -0.3 is 13.9 Å². The van der Waals surface area contributed by atoms with Crippen LogP contribution in [-0.2, 0) is 15.9 Å². The van der Waals surface area contributed by atoms with Crippen LogP contribution >= 0.6 is 12.4 Å². The van der Waals surface area contributed by atoms with E-state index in [4.69, 9.17) is 13.9 Å². The number of halogens is 1. The zero-order valence-corrected chi connectivity index (χ0v) is 15.5. The van der Waals surface area contributed by atoms with Crippen molar-refractivity contribution in [1.29, 1.82) is 0 Å². The van der Waals surface area contributed by atoms with E-state index in [2.05, 4.69) is 23.1 Å². The highest BCUT2D eigenvalue weighted by Crippen LogP contribution is 2.27. The Hall–Kier alpha value is -1.07. The zero-order chi connectivity index (χ0) is 16.2. The summed E-state index contributed by atoms with van der Waals surface area (Å²) in [5.74, 6) is 0. The minimum absolute atomic E-state index is 0. The summed E-state index contributed by atoms with van der Waals surface area (Å²) in [6.45, 7) is 4.63. The van der Waals surface area contributed by atoms with Crippen molar-refractivity contribution in [2.24, 2.45) is 0 Å². The average molecular weight is 366 g/mol. The highest BCUT2D eigenvalue weighted by Gasteiger charge is 2.31. The Bertz CT molecular complexity index is 653. The van der Waals surface area contributed by atoms with Gasteiger partial charge in [0, 0.05) is 24.5 Å². The first-order valence-corrected chi connectivity index (χ1v) is 9.30. The fourth-order valence-electron chi connectivity index (χ4n) is 4.19. The van der Waals surface area contributed by atoms with Crippen LogP contribution in [0.3, 0.4) is 0 Å². The number of benzene rings is 1. The van der Waals surface area contributed by atoms with Crippen molar-refractivity contribution in [2.75, 3.05) is 32.9 Å². The first-order valence-electron chi connectivity index (χ1n) is 9.30. The van der Waals surface area contributed by atoms with Crippen molar-refractivity contribution in [1.82, 2.24) is 4.90 Å². The van der Waals surface area contributed by atoms with Crippen LogP contribution in [0.25, 0.3) is 11.0 Å². The predicted molar refractivity (Wildman–Crippen MR) is 102 cm³/mol. The molecule has 0 radical (unpaired) electrons. The van der Waals surface area contributed by atoms with Crippen LogP contribution < -0.4 is 0 Å². The fourth-order valence-corrected chi connectivity index (χ4v) is 4.19. The molecule has 1 aromatic carbocycles. The van der Waals surface area contributed by atoms with Crippen molar-refractivity contribution in [2.45, 2.75) is 44.2 Å². The molecule has 138 valence electrons. The minimum Gasteiger partial charge on any atom is -0.464 e. The number of hydrogen-bond acceptors (Lipinski definition) is 4. The molecule has 1 saturated carbocycles. The van der Waals surface area contributed by atoms with E-state index in [-0.39, 0.29) is 12.4 Å². The predicted octanol–water partition coefficient (Wildman–Crippen LogP) is 4.06. The van der Waals surface area contributed by atoms with Crippen molar-refractivity contribution in [3.8, 4) is 0 Å². The molecule has 0 N–H and O–H groups in total. The minimum atomic E-state index is 0. The van der Waals surface area contributed by atoms with E-state index in [1.165, 1.54) is 36.6 Å². The normalized spacial score (nSPS) is 25.0. The van der Waals surface area contributed by atoms with E-state index in [0.717, 1.165) is 44.9 Å². The van der Waals surface area contributed by atoms with Crippen LogP contribution in [-0.4, -0.2) is 50.0 Å². The van der Waals surface area contributed by atoms with E-state index < -0.39 is 0 Å². The summed E-state index contributed by atoms with van der Waals surface area (Å²) in [5.41, 5.74) is 2.29. The fraction of sp³-hybridized carbons (Fsp3) is 0.600. The Morgan fingerprint density at radius 1 is 1.08 bits per heavy atom. The van der Waals surface area contributed by atoms with Crippen LogP contribution in [0, 0.1) is 0 Å². The lowest BCUT2D eigenvalue weighted by Gasteiger charge is -2.41. The molecule has 1 aliphatic carbocycles. The quantitative estimate of drug-likeness (QED) is 0.800. The number of fused-ring (bicyclic) bond motifs is 1. The van der Waals surface area contributed by atoms with Crippen molar-refractivity contribution in [3.05, 3.63) is 36.1 Å². The largest absolute Gasteiger partial charge is 0.464 e. The third-order valence-corrected chi connectivity index (χ3v) is 5.47. The van der Waals surface area contributed by atoms with Crippen molar-refractivity contribution >= 4 is 23.4 Å². The van der Waals surface area contributed by atoms with Gasteiger partial charge >= 0.3 is 0 Å². The maximum absolute atomic E-state index is 6.37. The summed E-state index contributed by atoms with van der Waals surface area (Å²) in [7, 11) is 0. The molecule has 0 unspecified atom stereocenters. The SMILES string of the molecule is Cl.c1cc(CCO[C@H]2CCCC[C@@H]2N2CCOCC2)c2ccoc2c1. The van der Waals surface area contributed by atoms with Crippen LogP contribution in [0.1, 0.15) is 31.2 Å². The molecule has 2 aromatic rings. The molecule has 0 bridgehead atoms.